The molecular weight excluding hydrogens is 380 g/mol. The van der Waals surface area contributed by atoms with Gasteiger partial charge < -0.3 is 20.1 Å². The fraction of sp³-hybridized carbons (Fsp3) is 0.400. The lowest BCUT2D eigenvalue weighted by molar-refractivity contribution is -0.142. The number of cyclic esters (lactones) is 1. The number of ether oxygens (including phenoxy) is 1. The van der Waals surface area contributed by atoms with Crippen LogP contribution < -0.4 is 0 Å². The van der Waals surface area contributed by atoms with Crippen molar-refractivity contribution in [3.05, 3.63) is 84.0 Å². The minimum atomic E-state index is -0.829. The number of carbonyl (C=O) groups excluding carboxylic acids is 1. The first-order valence-corrected chi connectivity index (χ1v) is 10.5. The van der Waals surface area contributed by atoms with Crippen molar-refractivity contribution in [2.75, 3.05) is 0 Å². The van der Waals surface area contributed by atoms with Crippen molar-refractivity contribution in [1.82, 2.24) is 0 Å². The summed E-state index contributed by atoms with van der Waals surface area (Å²) in [7, 11) is 0. The number of esters is 1. The maximum absolute atomic E-state index is 11.8. The molecule has 0 spiro atoms. The standard InChI is InChI=1S/C25H32O5/c1-19-11-6-3-2-4-7-14-22(26)18-24(28)21-13-10-12-20(17-21)23(27)15-8-5-9-16-25(29)30-19/h2,4-5,7-10,12-14,16-17,19,22-24,26-28H,3,6,11,15,18H2,1H3/b4-2+,8-5+,14-7+,16-9+/t19-,22+,23+,24-/m1/s1. The summed E-state index contributed by atoms with van der Waals surface area (Å²) in [5.41, 5.74) is 1.33. The van der Waals surface area contributed by atoms with Crippen LogP contribution in [0.1, 0.15) is 62.4 Å². The first-order chi connectivity index (χ1) is 14.5. The Morgan fingerprint density at radius 1 is 0.967 bits per heavy atom. The molecule has 3 N–H and O–H groups in total. The molecule has 0 saturated carbocycles. The Bertz CT molecular complexity index is 777. The summed E-state index contributed by atoms with van der Waals surface area (Å²) in [5, 5.41) is 31.0. The summed E-state index contributed by atoms with van der Waals surface area (Å²) in [4.78, 5) is 11.8. The van der Waals surface area contributed by atoms with E-state index in [2.05, 4.69) is 0 Å². The van der Waals surface area contributed by atoms with E-state index >= 15 is 0 Å². The Hall–Kier alpha value is -2.47. The van der Waals surface area contributed by atoms with Crippen molar-refractivity contribution in [3.63, 3.8) is 0 Å². The Labute approximate surface area is 178 Å². The largest absolute Gasteiger partial charge is 0.460 e. The molecule has 5 heteroatoms. The van der Waals surface area contributed by atoms with Gasteiger partial charge in [0, 0.05) is 12.5 Å². The van der Waals surface area contributed by atoms with Crippen molar-refractivity contribution < 1.29 is 24.9 Å². The molecule has 0 saturated heterocycles. The molecule has 30 heavy (non-hydrogen) atoms. The van der Waals surface area contributed by atoms with Gasteiger partial charge in [-0.05, 0) is 43.7 Å². The number of carbonyl (C=O) groups is 1. The molecule has 2 rings (SSSR count). The number of aliphatic hydroxyl groups is 3. The Kier molecular flexibility index (Phi) is 10.3. The van der Waals surface area contributed by atoms with E-state index in [0.717, 1.165) is 19.3 Å². The van der Waals surface area contributed by atoms with Crippen molar-refractivity contribution >= 4 is 5.97 Å². The van der Waals surface area contributed by atoms with E-state index in [1.165, 1.54) is 6.08 Å². The van der Waals surface area contributed by atoms with Gasteiger partial charge in [0.25, 0.3) is 0 Å². The van der Waals surface area contributed by atoms with Crippen LogP contribution in [0.4, 0.5) is 0 Å². The molecule has 0 amide bonds. The van der Waals surface area contributed by atoms with Gasteiger partial charge in [0.15, 0.2) is 0 Å². The Balaban J connectivity index is 2.12. The van der Waals surface area contributed by atoms with Crippen molar-refractivity contribution in [3.8, 4) is 0 Å². The van der Waals surface area contributed by atoms with Gasteiger partial charge in [-0.25, -0.2) is 4.79 Å². The van der Waals surface area contributed by atoms with Gasteiger partial charge in [0.1, 0.15) is 0 Å². The van der Waals surface area contributed by atoms with Gasteiger partial charge >= 0.3 is 5.97 Å². The third-order valence-electron chi connectivity index (χ3n) is 4.86. The fourth-order valence-electron chi connectivity index (χ4n) is 3.16. The van der Waals surface area contributed by atoms with E-state index in [9.17, 15) is 20.1 Å². The van der Waals surface area contributed by atoms with Gasteiger partial charge in [0.2, 0.25) is 0 Å². The second-order valence-electron chi connectivity index (χ2n) is 7.52. The summed E-state index contributed by atoms with van der Waals surface area (Å²) >= 11 is 0. The van der Waals surface area contributed by atoms with E-state index < -0.39 is 18.3 Å². The summed E-state index contributed by atoms with van der Waals surface area (Å²) < 4.78 is 5.33. The van der Waals surface area contributed by atoms with Crippen molar-refractivity contribution in [1.29, 1.82) is 0 Å². The Morgan fingerprint density at radius 2 is 1.70 bits per heavy atom. The summed E-state index contributed by atoms with van der Waals surface area (Å²) in [6, 6.07) is 7.10. The number of hydrogen-bond acceptors (Lipinski definition) is 5. The van der Waals surface area contributed by atoms with Gasteiger partial charge in [-0.2, -0.15) is 0 Å². The molecule has 1 aromatic rings. The lowest BCUT2D eigenvalue weighted by Gasteiger charge is -2.16. The van der Waals surface area contributed by atoms with Crippen LogP contribution in [0.25, 0.3) is 0 Å². The predicted octanol–water partition coefficient (Wildman–Crippen LogP) is 4.23. The van der Waals surface area contributed by atoms with Crippen molar-refractivity contribution in [2.24, 2.45) is 0 Å². The van der Waals surface area contributed by atoms with E-state index in [-0.39, 0.29) is 18.5 Å². The Morgan fingerprint density at radius 3 is 2.50 bits per heavy atom. The molecule has 1 aliphatic heterocycles. The third kappa shape index (κ3) is 8.91. The summed E-state index contributed by atoms with van der Waals surface area (Å²) in [6.07, 6.45) is 14.3. The zero-order valence-electron chi connectivity index (χ0n) is 17.4. The van der Waals surface area contributed by atoms with Crippen LogP contribution in [-0.4, -0.2) is 33.5 Å². The van der Waals surface area contributed by atoms with Crippen molar-refractivity contribution in [2.45, 2.75) is 63.4 Å². The highest BCUT2D eigenvalue weighted by atomic mass is 16.5. The molecule has 0 unspecified atom stereocenters. The van der Waals surface area contributed by atoms with Crippen LogP contribution in [0.5, 0.6) is 0 Å². The monoisotopic (exact) mass is 412 g/mol. The topological polar surface area (TPSA) is 87.0 Å². The van der Waals surface area contributed by atoms with E-state index in [4.69, 9.17) is 4.74 Å². The summed E-state index contributed by atoms with van der Waals surface area (Å²) in [5.74, 6) is -0.385. The zero-order valence-corrected chi connectivity index (χ0v) is 17.4. The molecule has 4 atom stereocenters. The lowest BCUT2D eigenvalue weighted by atomic mass is 9.98. The van der Waals surface area contributed by atoms with Gasteiger partial charge in [-0.15, -0.1) is 0 Å². The molecule has 162 valence electrons. The molecule has 1 aliphatic rings. The highest BCUT2D eigenvalue weighted by Crippen LogP contribution is 2.24. The number of benzene rings is 1. The van der Waals surface area contributed by atoms with Crippen LogP contribution >= 0.6 is 0 Å². The third-order valence-corrected chi connectivity index (χ3v) is 4.86. The minimum Gasteiger partial charge on any atom is -0.460 e. The molecule has 1 aromatic carbocycles. The zero-order chi connectivity index (χ0) is 21.8. The van der Waals surface area contributed by atoms with Crippen LogP contribution in [0, 0.1) is 0 Å². The van der Waals surface area contributed by atoms with Gasteiger partial charge in [-0.3, -0.25) is 0 Å². The molecule has 1 heterocycles. The van der Waals surface area contributed by atoms with Crippen LogP contribution in [0.3, 0.4) is 0 Å². The maximum Gasteiger partial charge on any atom is 0.331 e. The molecular formula is C25H32O5. The second kappa shape index (κ2) is 13.0. The number of hydrogen-bond donors (Lipinski definition) is 3. The number of allylic oxidation sites excluding steroid dienone is 5. The van der Waals surface area contributed by atoms with Crippen LogP contribution in [-0.2, 0) is 9.53 Å². The fourth-order valence-corrected chi connectivity index (χ4v) is 3.16. The van der Waals surface area contributed by atoms with E-state index in [1.807, 2.05) is 19.1 Å². The smallest absolute Gasteiger partial charge is 0.331 e. The molecule has 0 aromatic heterocycles. The summed E-state index contributed by atoms with van der Waals surface area (Å²) in [6.45, 7) is 1.87. The molecule has 2 bridgehead atoms. The first-order valence-electron chi connectivity index (χ1n) is 10.5. The molecule has 0 radical (unpaired) electrons. The first kappa shape index (κ1) is 23.8. The maximum atomic E-state index is 11.8. The average Bonchev–Trinajstić information content (AvgIpc) is 2.72. The second-order valence-corrected chi connectivity index (χ2v) is 7.52. The highest BCUT2D eigenvalue weighted by Gasteiger charge is 2.14. The molecule has 0 fully saturated rings. The number of fused-ring (bicyclic) bond motifs is 2. The highest BCUT2D eigenvalue weighted by molar-refractivity contribution is 5.82. The molecule has 5 nitrogen and oxygen atoms in total. The number of aliphatic hydroxyl groups excluding tert-OH is 3. The van der Waals surface area contributed by atoms with Crippen LogP contribution in [0.2, 0.25) is 0 Å². The predicted molar refractivity (Wildman–Crippen MR) is 118 cm³/mol. The SMILES string of the molecule is C[C@@H]1CCC/C=C/C=C/[C@H](O)C[C@@H](O)c2cccc(c2)[C@@H](O)C/C=C/C=C/C(=O)O1. The van der Waals surface area contributed by atoms with E-state index in [1.54, 1.807) is 54.6 Å². The quantitative estimate of drug-likeness (QED) is 0.555. The lowest BCUT2D eigenvalue weighted by Crippen LogP contribution is -2.12. The van der Waals surface area contributed by atoms with Gasteiger partial charge in [-0.1, -0.05) is 66.8 Å². The average molecular weight is 413 g/mol. The minimum absolute atomic E-state index is 0.162. The van der Waals surface area contributed by atoms with Gasteiger partial charge in [0.05, 0.1) is 24.4 Å². The number of rotatable bonds is 0. The molecule has 0 aliphatic carbocycles. The van der Waals surface area contributed by atoms with E-state index in [0.29, 0.717) is 17.5 Å². The normalized spacial score (nSPS) is 31.4. The van der Waals surface area contributed by atoms with Crippen LogP contribution in [0.15, 0.2) is 72.9 Å².